The highest BCUT2D eigenvalue weighted by Crippen LogP contribution is 2.36. The van der Waals surface area contributed by atoms with Crippen LogP contribution in [0.25, 0.3) is 0 Å². The van der Waals surface area contributed by atoms with Gasteiger partial charge in [-0.2, -0.15) is 0 Å². The molecular formula is C20H33BN2O2. The molecule has 1 aromatic carbocycles. The predicted molar refractivity (Wildman–Crippen MR) is 106 cm³/mol. The molecular weight excluding hydrogens is 311 g/mol. The molecule has 2 aliphatic rings. The second-order valence-corrected chi connectivity index (χ2v) is 8.75. The molecule has 0 radical (unpaired) electrons. The summed E-state index contributed by atoms with van der Waals surface area (Å²) >= 11 is 0. The van der Waals surface area contributed by atoms with Crippen LogP contribution < -0.4 is 10.4 Å². The zero-order valence-electron chi connectivity index (χ0n) is 16.9. The minimum Gasteiger partial charge on any atom is -0.399 e. The van der Waals surface area contributed by atoms with Gasteiger partial charge in [0, 0.05) is 37.9 Å². The fourth-order valence-corrected chi connectivity index (χ4v) is 3.64. The normalized spacial score (nSPS) is 23.5. The van der Waals surface area contributed by atoms with E-state index >= 15 is 0 Å². The summed E-state index contributed by atoms with van der Waals surface area (Å²) in [7, 11) is -0.282. The topological polar surface area (TPSA) is 24.9 Å². The van der Waals surface area contributed by atoms with E-state index in [1.165, 1.54) is 11.3 Å². The molecule has 0 aliphatic carbocycles. The largest absolute Gasteiger partial charge is 0.494 e. The van der Waals surface area contributed by atoms with Gasteiger partial charge < -0.3 is 14.2 Å². The van der Waals surface area contributed by atoms with Gasteiger partial charge in [-0.05, 0) is 65.6 Å². The van der Waals surface area contributed by atoms with E-state index < -0.39 is 0 Å². The number of nitrogens with zero attached hydrogens (tertiary/aromatic N) is 2. The number of rotatable bonds is 3. The average Bonchev–Trinajstić information content (AvgIpc) is 2.75. The van der Waals surface area contributed by atoms with E-state index in [9.17, 15) is 0 Å². The van der Waals surface area contributed by atoms with Crippen molar-refractivity contribution in [3.8, 4) is 0 Å². The molecule has 0 unspecified atom stereocenters. The maximum Gasteiger partial charge on any atom is 0.494 e. The van der Waals surface area contributed by atoms with Crippen LogP contribution in [-0.4, -0.2) is 55.4 Å². The van der Waals surface area contributed by atoms with Crippen molar-refractivity contribution in [2.75, 3.05) is 31.1 Å². The molecule has 0 amide bonds. The number of benzene rings is 1. The first-order chi connectivity index (χ1) is 11.6. The summed E-state index contributed by atoms with van der Waals surface area (Å²) in [5.74, 6) is 0. The highest BCUT2D eigenvalue weighted by Gasteiger charge is 2.51. The molecule has 0 bridgehead atoms. The summed E-state index contributed by atoms with van der Waals surface area (Å²) in [6, 6.07) is 7.26. The molecule has 0 saturated carbocycles. The van der Waals surface area contributed by atoms with Crippen LogP contribution in [0.4, 0.5) is 5.69 Å². The first kappa shape index (κ1) is 18.7. The summed E-state index contributed by atoms with van der Waals surface area (Å²) in [5.41, 5.74) is 3.16. The number of hydrogen-bond acceptors (Lipinski definition) is 4. The Balaban J connectivity index is 1.72. The molecule has 0 N–H and O–H groups in total. The van der Waals surface area contributed by atoms with Crippen molar-refractivity contribution in [2.45, 2.75) is 65.7 Å². The second kappa shape index (κ2) is 6.60. The maximum atomic E-state index is 6.19. The van der Waals surface area contributed by atoms with Crippen molar-refractivity contribution in [2.24, 2.45) is 0 Å². The van der Waals surface area contributed by atoms with Gasteiger partial charge in [-0.3, -0.25) is 4.90 Å². The van der Waals surface area contributed by atoms with E-state index in [4.69, 9.17) is 9.31 Å². The van der Waals surface area contributed by atoms with Crippen LogP contribution in [0, 0.1) is 6.92 Å². The minimum atomic E-state index is -0.294. The number of aryl methyl sites for hydroxylation is 1. The Morgan fingerprint density at radius 1 is 0.960 bits per heavy atom. The van der Waals surface area contributed by atoms with Gasteiger partial charge in [0.25, 0.3) is 0 Å². The Hall–Kier alpha value is -1.04. The summed E-state index contributed by atoms with van der Waals surface area (Å²) in [4.78, 5) is 5.05. The average molecular weight is 344 g/mol. The van der Waals surface area contributed by atoms with Crippen LogP contribution in [0.5, 0.6) is 0 Å². The molecule has 5 heteroatoms. The van der Waals surface area contributed by atoms with Gasteiger partial charge in [0.1, 0.15) is 0 Å². The second-order valence-electron chi connectivity index (χ2n) is 8.75. The molecule has 2 saturated heterocycles. The molecule has 0 spiro atoms. The van der Waals surface area contributed by atoms with E-state index in [1.54, 1.807) is 0 Å². The molecule has 138 valence electrons. The van der Waals surface area contributed by atoms with E-state index in [2.05, 4.69) is 76.5 Å². The molecule has 2 fully saturated rings. The standard InChI is InChI=1S/C20H33BN2O2/c1-15(2)22-10-12-23(13-11-22)18-9-8-17(14-16(18)3)21-24-19(4,5)20(6,7)25-21/h8-9,14-15H,10-13H2,1-7H3. The Morgan fingerprint density at radius 3 is 2.00 bits per heavy atom. The van der Waals surface area contributed by atoms with Crippen molar-refractivity contribution in [1.82, 2.24) is 4.90 Å². The molecule has 0 aromatic heterocycles. The zero-order chi connectivity index (χ0) is 18.4. The van der Waals surface area contributed by atoms with Crippen LogP contribution in [0.1, 0.15) is 47.1 Å². The smallest absolute Gasteiger partial charge is 0.399 e. The lowest BCUT2D eigenvalue weighted by Crippen LogP contribution is -2.49. The van der Waals surface area contributed by atoms with Crippen molar-refractivity contribution < 1.29 is 9.31 Å². The molecule has 3 rings (SSSR count). The Morgan fingerprint density at radius 2 is 1.52 bits per heavy atom. The molecule has 25 heavy (non-hydrogen) atoms. The first-order valence-electron chi connectivity index (χ1n) is 9.56. The van der Waals surface area contributed by atoms with Crippen LogP contribution in [-0.2, 0) is 9.31 Å². The Kier molecular flexibility index (Phi) is 4.95. The lowest BCUT2D eigenvalue weighted by Gasteiger charge is -2.38. The van der Waals surface area contributed by atoms with Crippen LogP contribution in [0.2, 0.25) is 0 Å². The Bertz CT molecular complexity index is 606. The van der Waals surface area contributed by atoms with Crippen LogP contribution >= 0.6 is 0 Å². The fraction of sp³-hybridized carbons (Fsp3) is 0.700. The van der Waals surface area contributed by atoms with Gasteiger partial charge in [0.2, 0.25) is 0 Å². The van der Waals surface area contributed by atoms with Gasteiger partial charge in [0.15, 0.2) is 0 Å². The fourth-order valence-electron chi connectivity index (χ4n) is 3.64. The number of hydrogen-bond donors (Lipinski definition) is 0. The number of anilines is 1. The third kappa shape index (κ3) is 3.60. The quantitative estimate of drug-likeness (QED) is 0.788. The van der Waals surface area contributed by atoms with Gasteiger partial charge in [-0.15, -0.1) is 0 Å². The maximum absolute atomic E-state index is 6.19. The van der Waals surface area contributed by atoms with Crippen molar-refractivity contribution >= 4 is 18.3 Å². The summed E-state index contributed by atoms with van der Waals surface area (Å²) < 4.78 is 12.4. The lowest BCUT2D eigenvalue weighted by molar-refractivity contribution is 0.00578. The third-order valence-corrected chi connectivity index (χ3v) is 6.13. The van der Waals surface area contributed by atoms with Crippen molar-refractivity contribution in [3.05, 3.63) is 23.8 Å². The van der Waals surface area contributed by atoms with Gasteiger partial charge >= 0.3 is 7.12 Å². The predicted octanol–water partition coefficient (Wildman–Crippen LogP) is 2.82. The zero-order valence-corrected chi connectivity index (χ0v) is 16.9. The van der Waals surface area contributed by atoms with E-state index in [0.717, 1.165) is 31.6 Å². The molecule has 2 aliphatic heterocycles. The summed E-state index contributed by atoms with van der Waals surface area (Å²) in [6.07, 6.45) is 0. The Labute approximate surface area is 153 Å². The van der Waals surface area contributed by atoms with Gasteiger partial charge in [-0.1, -0.05) is 12.1 Å². The lowest BCUT2D eigenvalue weighted by atomic mass is 9.78. The third-order valence-electron chi connectivity index (χ3n) is 6.13. The molecule has 2 heterocycles. The van der Waals surface area contributed by atoms with E-state index in [1.807, 2.05) is 0 Å². The highest BCUT2D eigenvalue weighted by atomic mass is 16.7. The van der Waals surface area contributed by atoms with Crippen LogP contribution in [0.15, 0.2) is 18.2 Å². The molecule has 1 aromatic rings. The minimum absolute atomic E-state index is 0.282. The van der Waals surface area contributed by atoms with E-state index in [0.29, 0.717) is 6.04 Å². The number of piperazine rings is 1. The summed E-state index contributed by atoms with van der Waals surface area (Å²) in [5, 5.41) is 0. The van der Waals surface area contributed by atoms with E-state index in [-0.39, 0.29) is 18.3 Å². The monoisotopic (exact) mass is 344 g/mol. The highest BCUT2D eigenvalue weighted by molar-refractivity contribution is 6.62. The van der Waals surface area contributed by atoms with Gasteiger partial charge in [0.05, 0.1) is 11.2 Å². The van der Waals surface area contributed by atoms with Crippen molar-refractivity contribution in [3.63, 3.8) is 0 Å². The first-order valence-corrected chi connectivity index (χ1v) is 9.56. The summed E-state index contributed by atoms with van der Waals surface area (Å²) in [6.45, 7) is 19.6. The van der Waals surface area contributed by atoms with Crippen molar-refractivity contribution in [1.29, 1.82) is 0 Å². The SMILES string of the molecule is Cc1cc(B2OC(C)(C)C(C)(C)O2)ccc1N1CCN(C(C)C)CC1. The molecule has 0 atom stereocenters. The molecule has 4 nitrogen and oxygen atoms in total. The van der Waals surface area contributed by atoms with Gasteiger partial charge in [-0.25, -0.2) is 0 Å². The van der Waals surface area contributed by atoms with Crippen LogP contribution in [0.3, 0.4) is 0 Å².